The lowest BCUT2D eigenvalue weighted by molar-refractivity contribution is 1.54. The van der Waals surface area contributed by atoms with E-state index in [2.05, 4.69) is 231 Å². The van der Waals surface area contributed by atoms with E-state index >= 15 is 0 Å². The summed E-state index contributed by atoms with van der Waals surface area (Å²) in [6.45, 7) is 0. The van der Waals surface area contributed by atoms with E-state index in [0.29, 0.717) is 0 Å². The van der Waals surface area contributed by atoms with Gasteiger partial charge in [-0.2, -0.15) is 0 Å². The number of benzene rings is 7. The third-order valence-electron chi connectivity index (χ3n) is 8.78. The molecule has 0 heteroatoms. The van der Waals surface area contributed by atoms with Gasteiger partial charge in [-0.15, -0.1) is 0 Å². The van der Waals surface area contributed by atoms with E-state index in [4.69, 9.17) is 0 Å². The third-order valence-corrected chi connectivity index (χ3v) is 8.78. The summed E-state index contributed by atoms with van der Waals surface area (Å²) < 4.78 is 0. The smallest absolute Gasteiger partial charge is 0.0105 e. The van der Waals surface area contributed by atoms with Crippen LogP contribution in [0.3, 0.4) is 0 Å². The van der Waals surface area contributed by atoms with Gasteiger partial charge in [0.15, 0.2) is 0 Å². The highest BCUT2D eigenvalue weighted by atomic mass is 14.1. The summed E-state index contributed by atoms with van der Waals surface area (Å²) in [5.41, 5.74) is 14.3. The Morgan fingerprint density at radius 1 is 0.240 bits per heavy atom. The Balaban J connectivity index is 1.12. The summed E-state index contributed by atoms with van der Waals surface area (Å²) in [5.74, 6) is 0. The van der Waals surface area contributed by atoms with E-state index in [1.54, 1.807) is 0 Å². The first kappa shape index (κ1) is 32.1. The molecule has 0 fully saturated rings. The molecular formula is C50H38. The second kappa shape index (κ2) is 16.1. The number of hydrogen-bond donors (Lipinski definition) is 0. The molecule has 0 heterocycles. The van der Waals surface area contributed by atoms with Crippen LogP contribution in [0.15, 0.2) is 194 Å². The molecule has 0 unspecified atom stereocenters. The van der Waals surface area contributed by atoms with Gasteiger partial charge in [0.05, 0.1) is 0 Å². The van der Waals surface area contributed by atoms with Crippen LogP contribution < -0.4 is 0 Å². The summed E-state index contributed by atoms with van der Waals surface area (Å²) in [4.78, 5) is 0. The molecule has 0 saturated heterocycles. The van der Waals surface area contributed by atoms with Gasteiger partial charge < -0.3 is 0 Å². The molecule has 0 aliphatic heterocycles. The van der Waals surface area contributed by atoms with Crippen LogP contribution in [-0.2, 0) is 0 Å². The van der Waals surface area contributed by atoms with Gasteiger partial charge in [0, 0.05) is 0 Å². The van der Waals surface area contributed by atoms with E-state index < -0.39 is 0 Å². The van der Waals surface area contributed by atoms with Crippen LogP contribution in [-0.4, -0.2) is 0 Å². The minimum absolute atomic E-state index is 1.16. The molecule has 0 aliphatic carbocycles. The van der Waals surface area contributed by atoms with Crippen LogP contribution in [0.1, 0.15) is 55.6 Å². The summed E-state index contributed by atoms with van der Waals surface area (Å²) in [6.07, 6.45) is 13.4. The SMILES string of the molecule is C(=C(c1ccccc1)c1ccccc1)c1ccccc1/C=C/c1ccc(/C=C/c2ccccc2C=C(c2ccccc2)c2ccccc2)cc1. The molecule has 7 aromatic rings. The van der Waals surface area contributed by atoms with Crippen molar-refractivity contribution >= 4 is 47.6 Å². The molecule has 0 aliphatic rings. The predicted molar refractivity (Wildman–Crippen MR) is 217 cm³/mol. The molecule has 0 spiro atoms. The fraction of sp³-hybridized carbons (Fsp3) is 0. The Labute approximate surface area is 296 Å². The van der Waals surface area contributed by atoms with Crippen molar-refractivity contribution in [2.75, 3.05) is 0 Å². The molecule has 7 aromatic carbocycles. The van der Waals surface area contributed by atoms with Crippen LogP contribution in [0.2, 0.25) is 0 Å². The minimum Gasteiger partial charge on any atom is -0.0622 e. The highest BCUT2D eigenvalue weighted by Gasteiger charge is 2.08. The fourth-order valence-corrected chi connectivity index (χ4v) is 6.13. The molecule has 0 N–H and O–H groups in total. The lowest BCUT2D eigenvalue weighted by atomic mass is 9.94. The highest BCUT2D eigenvalue weighted by molar-refractivity contribution is 5.94. The molecule has 0 bridgehead atoms. The van der Waals surface area contributed by atoms with Crippen molar-refractivity contribution in [3.05, 3.63) is 250 Å². The molecule has 7 rings (SSSR count). The second-order valence-corrected chi connectivity index (χ2v) is 12.2. The molecule has 238 valence electrons. The maximum atomic E-state index is 2.30. The monoisotopic (exact) mass is 638 g/mol. The van der Waals surface area contributed by atoms with Gasteiger partial charge >= 0.3 is 0 Å². The number of rotatable bonds is 10. The molecule has 50 heavy (non-hydrogen) atoms. The average Bonchev–Trinajstić information content (AvgIpc) is 3.20. The van der Waals surface area contributed by atoms with Crippen molar-refractivity contribution in [2.24, 2.45) is 0 Å². The van der Waals surface area contributed by atoms with Gasteiger partial charge in [0.2, 0.25) is 0 Å². The van der Waals surface area contributed by atoms with Crippen LogP contribution in [0.5, 0.6) is 0 Å². The molecule has 0 nitrogen and oxygen atoms in total. The largest absolute Gasteiger partial charge is 0.0622 e. The Hall–Kier alpha value is -6.50. The maximum Gasteiger partial charge on any atom is -0.0105 e. The first-order chi connectivity index (χ1) is 24.8. The fourth-order valence-electron chi connectivity index (χ4n) is 6.13. The van der Waals surface area contributed by atoms with Crippen molar-refractivity contribution in [1.29, 1.82) is 0 Å². The topological polar surface area (TPSA) is 0 Å². The highest BCUT2D eigenvalue weighted by Crippen LogP contribution is 2.29. The van der Waals surface area contributed by atoms with Crippen LogP contribution in [0.25, 0.3) is 47.6 Å². The maximum absolute atomic E-state index is 2.30. The lowest BCUT2D eigenvalue weighted by Crippen LogP contribution is -1.89. The zero-order chi connectivity index (χ0) is 33.8. The van der Waals surface area contributed by atoms with Crippen molar-refractivity contribution in [2.45, 2.75) is 0 Å². The molecule has 0 saturated carbocycles. The quantitative estimate of drug-likeness (QED) is 0.131. The van der Waals surface area contributed by atoms with Gasteiger partial charge in [-0.1, -0.05) is 218 Å². The van der Waals surface area contributed by atoms with Crippen molar-refractivity contribution in [3.63, 3.8) is 0 Å². The zero-order valence-electron chi connectivity index (χ0n) is 27.9. The van der Waals surface area contributed by atoms with Crippen molar-refractivity contribution in [3.8, 4) is 0 Å². The van der Waals surface area contributed by atoms with E-state index in [-0.39, 0.29) is 0 Å². The first-order valence-electron chi connectivity index (χ1n) is 17.1. The van der Waals surface area contributed by atoms with Gasteiger partial charge in [0.1, 0.15) is 0 Å². The van der Waals surface area contributed by atoms with Crippen molar-refractivity contribution < 1.29 is 0 Å². The first-order valence-corrected chi connectivity index (χ1v) is 17.1. The molecule has 0 atom stereocenters. The third kappa shape index (κ3) is 8.13. The van der Waals surface area contributed by atoms with E-state index in [0.717, 1.165) is 11.1 Å². The van der Waals surface area contributed by atoms with E-state index in [9.17, 15) is 0 Å². The minimum atomic E-state index is 1.16. The second-order valence-electron chi connectivity index (χ2n) is 12.2. The molecule has 0 amide bonds. The van der Waals surface area contributed by atoms with Gasteiger partial charge in [-0.25, -0.2) is 0 Å². The van der Waals surface area contributed by atoms with E-state index in [1.165, 1.54) is 55.7 Å². The van der Waals surface area contributed by atoms with Crippen molar-refractivity contribution in [1.82, 2.24) is 0 Å². The summed E-state index contributed by atoms with van der Waals surface area (Å²) in [5, 5.41) is 0. The Kier molecular flexibility index (Phi) is 10.3. The zero-order valence-corrected chi connectivity index (χ0v) is 27.9. The summed E-state index contributed by atoms with van der Waals surface area (Å²) >= 11 is 0. The molecule has 0 aromatic heterocycles. The Bertz CT molecular complexity index is 2000. The lowest BCUT2D eigenvalue weighted by Gasteiger charge is -2.10. The van der Waals surface area contributed by atoms with Crippen LogP contribution >= 0.6 is 0 Å². The average molecular weight is 639 g/mol. The van der Waals surface area contributed by atoms with E-state index in [1.807, 2.05) is 0 Å². The van der Waals surface area contributed by atoms with Crippen LogP contribution in [0.4, 0.5) is 0 Å². The van der Waals surface area contributed by atoms with Gasteiger partial charge in [0.25, 0.3) is 0 Å². The molecule has 0 radical (unpaired) electrons. The standard InChI is InChI=1S/C50H38/c1-5-19-43(20-6-1)49(44-21-7-2-8-22-44)37-47-27-15-13-17-41(47)35-33-39-29-31-40(32-30-39)34-36-42-18-14-16-28-48(42)38-50(45-23-9-3-10-24-45)46-25-11-4-12-26-46/h1-38H/b35-33+,36-34+. The summed E-state index contributed by atoms with van der Waals surface area (Å²) in [6, 6.07) is 68.3. The van der Waals surface area contributed by atoms with Gasteiger partial charge in [-0.3, -0.25) is 0 Å². The number of hydrogen-bond acceptors (Lipinski definition) is 0. The summed E-state index contributed by atoms with van der Waals surface area (Å²) in [7, 11) is 0. The van der Waals surface area contributed by atoms with Crippen LogP contribution in [0, 0.1) is 0 Å². The Morgan fingerprint density at radius 2 is 0.500 bits per heavy atom. The predicted octanol–water partition coefficient (Wildman–Crippen LogP) is 13.2. The normalized spacial score (nSPS) is 11.0. The van der Waals surface area contributed by atoms with Gasteiger partial charge in [-0.05, 0) is 78.9 Å². The Morgan fingerprint density at radius 3 is 0.800 bits per heavy atom. The molecular weight excluding hydrogens is 601 g/mol.